The van der Waals surface area contributed by atoms with Crippen LogP contribution in [-0.2, 0) is 14.8 Å². The van der Waals surface area contributed by atoms with Gasteiger partial charge in [-0.2, -0.15) is 0 Å². The van der Waals surface area contributed by atoms with E-state index >= 15 is 0 Å². The Labute approximate surface area is 123 Å². The van der Waals surface area contributed by atoms with Crippen molar-refractivity contribution in [2.45, 2.75) is 4.90 Å². The number of carbonyl (C=O) groups is 2. The van der Waals surface area contributed by atoms with Crippen LogP contribution in [0.15, 0.2) is 29.2 Å². The van der Waals surface area contributed by atoms with Gasteiger partial charge < -0.3 is 10.2 Å². The van der Waals surface area contributed by atoms with Crippen molar-refractivity contribution in [2.24, 2.45) is 0 Å². The van der Waals surface area contributed by atoms with Crippen LogP contribution in [0.4, 0.5) is 0 Å². The fraction of sp³-hybridized carbons (Fsp3) is 0.385. The van der Waals surface area contributed by atoms with Crippen molar-refractivity contribution in [1.29, 1.82) is 0 Å². The van der Waals surface area contributed by atoms with E-state index in [4.69, 9.17) is 0 Å². The molecule has 1 heterocycles. The van der Waals surface area contributed by atoms with E-state index in [2.05, 4.69) is 5.32 Å². The minimum Gasteiger partial charge on any atom is -0.353 e. The van der Waals surface area contributed by atoms with Crippen molar-refractivity contribution in [3.8, 4) is 0 Å². The molecule has 8 heteroatoms. The maximum absolute atomic E-state index is 12.2. The lowest BCUT2D eigenvalue weighted by Gasteiger charge is -2.15. The lowest BCUT2D eigenvalue weighted by molar-refractivity contribution is -0.121. The molecule has 0 atom stereocenters. The number of hydrogen-bond donors (Lipinski definition) is 1. The van der Waals surface area contributed by atoms with E-state index in [-0.39, 0.29) is 10.5 Å². The van der Waals surface area contributed by atoms with Crippen molar-refractivity contribution in [3.05, 3.63) is 29.8 Å². The van der Waals surface area contributed by atoms with Crippen molar-refractivity contribution < 1.29 is 18.0 Å². The molecule has 1 aliphatic heterocycles. The Hall–Kier alpha value is -1.93. The zero-order chi connectivity index (χ0) is 15.6. The molecule has 2 rings (SSSR count). The number of nitrogens with one attached hydrogen (secondary N) is 1. The lowest BCUT2D eigenvalue weighted by Crippen LogP contribution is -2.42. The van der Waals surface area contributed by atoms with Crippen LogP contribution in [0.1, 0.15) is 10.4 Å². The molecule has 114 valence electrons. The quantitative estimate of drug-likeness (QED) is 0.793. The first kappa shape index (κ1) is 15.5. The summed E-state index contributed by atoms with van der Waals surface area (Å²) in [6, 6.07) is 5.95. The summed E-state index contributed by atoms with van der Waals surface area (Å²) in [6.07, 6.45) is 0. The summed E-state index contributed by atoms with van der Waals surface area (Å²) >= 11 is 0. The average molecular weight is 311 g/mol. The van der Waals surface area contributed by atoms with Crippen LogP contribution in [0, 0.1) is 0 Å². The summed E-state index contributed by atoms with van der Waals surface area (Å²) in [5, 5.41) is 2.59. The summed E-state index contributed by atoms with van der Waals surface area (Å²) in [7, 11) is -0.203. The molecule has 0 spiro atoms. The van der Waals surface area contributed by atoms with Crippen LogP contribution >= 0.6 is 0 Å². The van der Waals surface area contributed by atoms with Crippen LogP contribution in [0.3, 0.4) is 0 Å². The number of likely N-dealkylation sites (N-methyl/N-ethyl adjacent to an activating group) is 1. The minimum atomic E-state index is -3.92. The number of nitrogens with zero attached hydrogens (tertiary/aromatic N) is 2. The van der Waals surface area contributed by atoms with Crippen molar-refractivity contribution >= 4 is 21.8 Å². The number of amides is 2. The fourth-order valence-corrected chi connectivity index (χ4v) is 3.52. The first-order valence-electron chi connectivity index (χ1n) is 6.41. The zero-order valence-corrected chi connectivity index (χ0v) is 12.7. The van der Waals surface area contributed by atoms with Crippen LogP contribution in [-0.4, -0.2) is 63.2 Å². The lowest BCUT2D eigenvalue weighted by atomic mass is 10.2. The molecule has 0 aromatic heterocycles. The minimum absolute atomic E-state index is 0.0453. The Morgan fingerprint density at radius 3 is 2.57 bits per heavy atom. The molecule has 1 aliphatic rings. The number of fused-ring (bicyclic) bond motifs is 1. The van der Waals surface area contributed by atoms with Gasteiger partial charge in [0, 0.05) is 13.1 Å². The Kier molecular flexibility index (Phi) is 4.29. The second kappa shape index (κ2) is 5.82. The van der Waals surface area contributed by atoms with Crippen LogP contribution in [0.5, 0.6) is 0 Å². The Balaban J connectivity index is 2.09. The Morgan fingerprint density at radius 2 is 1.95 bits per heavy atom. The van der Waals surface area contributed by atoms with E-state index in [9.17, 15) is 18.0 Å². The molecular formula is C13H17N3O4S. The second-order valence-corrected chi connectivity index (χ2v) is 6.80. The van der Waals surface area contributed by atoms with E-state index in [1.165, 1.54) is 12.1 Å². The highest BCUT2D eigenvalue weighted by Gasteiger charge is 2.41. The maximum Gasteiger partial charge on any atom is 0.269 e. The van der Waals surface area contributed by atoms with Gasteiger partial charge in [0.25, 0.3) is 15.9 Å². The second-order valence-electron chi connectivity index (χ2n) is 4.97. The molecule has 0 saturated carbocycles. The highest BCUT2D eigenvalue weighted by molar-refractivity contribution is 7.90. The first-order valence-corrected chi connectivity index (χ1v) is 7.85. The first-order chi connectivity index (χ1) is 9.84. The van der Waals surface area contributed by atoms with Gasteiger partial charge in [0.2, 0.25) is 5.91 Å². The highest BCUT2D eigenvalue weighted by Crippen LogP contribution is 2.29. The number of sulfonamides is 1. The maximum atomic E-state index is 12.2. The van der Waals surface area contributed by atoms with Crippen molar-refractivity contribution in [2.75, 3.05) is 33.7 Å². The SMILES string of the molecule is CN(C)CCNC(=O)CN1C(=O)c2ccccc2S1(=O)=O. The molecule has 21 heavy (non-hydrogen) atoms. The van der Waals surface area contributed by atoms with Gasteiger partial charge in [0.05, 0.1) is 5.56 Å². The largest absolute Gasteiger partial charge is 0.353 e. The normalized spacial score (nSPS) is 16.1. The van der Waals surface area contributed by atoms with Gasteiger partial charge in [-0.25, -0.2) is 12.7 Å². The third-order valence-corrected chi connectivity index (χ3v) is 4.87. The van der Waals surface area contributed by atoms with E-state index in [0.29, 0.717) is 17.4 Å². The molecule has 1 N–H and O–H groups in total. The van der Waals surface area contributed by atoms with E-state index in [1.807, 2.05) is 19.0 Å². The van der Waals surface area contributed by atoms with Crippen molar-refractivity contribution in [3.63, 3.8) is 0 Å². The molecular weight excluding hydrogens is 294 g/mol. The van der Waals surface area contributed by atoms with Gasteiger partial charge in [0.1, 0.15) is 11.4 Å². The predicted octanol–water partition coefficient (Wildman–Crippen LogP) is -0.491. The highest BCUT2D eigenvalue weighted by atomic mass is 32.2. The number of rotatable bonds is 5. The van der Waals surface area contributed by atoms with Gasteiger partial charge in [-0.05, 0) is 26.2 Å². The van der Waals surface area contributed by atoms with E-state index in [0.717, 1.165) is 0 Å². The van der Waals surface area contributed by atoms with Gasteiger partial charge in [-0.15, -0.1) is 0 Å². The van der Waals surface area contributed by atoms with E-state index in [1.54, 1.807) is 12.1 Å². The van der Waals surface area contributed by atoms with Gasteiger partial charge in [-0.3, -0.25) is 9.59 Å². The molecule has 0 radical (unpaired) electrons. The van der Waals surface area contributed by atoms with Gasteiger partial charge in [-0.1, -0.05) is 12.1 Å². The molecule has 0 aliphatic carbocycles. The molecule has 1 aromatic carbocycles. The smallest absolute Gasteiger partial charge is 0.269 e. The molecule has 7 nitrogen and oxygen atoms in total. The topological polar surface area (TPSA) is 86.8 Å². The molecule has 0 saturated heterocycles. The summed E-state index contributed by atoms with van der Waals surface area (Å²) in [6.45, 7) is 0.525. The standard InChI is InChI=1S/C13H17N3O4S/c1-15(2)8-7-14-12(17)9-16-13(18)10-5-3-4-6-11(10)21(16,19)20/h3-6H,7-9H2,1-2H3,(H,14,17). The monoisotopic (exact) mass is 311 g/mol. The molecule has 0 bridgehead atoms. The predicted molar refractivity (Wildman–Crippen MR) is 76.2 cm³/mol. The van der Waals surface area contributed by atoms with Gasteiger partial charge >= 0.3 is 0 Å². The summed E-state index contributed by atoms with van der Waals surface area (Å²) < 4.78 is 25.1. The number of hydrogen-bond acceptors (Lipinski definition) is 5. The molecule has 1 aromatic rings. The average Bonchev–Trinajstić information content (AvgIpc) is 2.60. The molecule has 2 amide bonds. The summed E-state index contributed by atoms with van der Waals surface area (Å²) in [5.74, 6) is -1.16. The van der Waals surface area contributed by atoms with Crippen molar-refractivity contribution in [1.82, 2.24) is 14.5 Å². The third kappa shape index (κ3) is 3.06. The Morgan fingerprint density at radius 1 is 1.29 bits per heavy atom. The number of carbonyl (C=O) groups excluding carboxylic acids is 2. The molecule has 0 unspecified atom stereocenters. The Bertz CT molecular complexity index is 670. The van der Waals surface area contributed by atoms with Crippen LogP contribution < -0.4 is 5.32 Å². The number of benzene rings is 1. The van der Waals surface area contributed by atoms with Crippen LogP contribution in [0.25, 0.3) is 0 Å². The van der Waals surface area contributed by atoms with Gasteiger partial charge in [0.15, 0.2) is 0 Å². The zero-order valence-electron chi connectivity index (χ0n) is 11.9. The third-order valence-electron chi connectivity index (χ3n) is 3.08. The van der Waals surface area contributed by atoms with E-state index < -0.39 is 28.4 Å². The summed E-state index contributed by atoms with van der Waals surface area (Å²) in [5.41, 5.74) is 0.110. The summed E-state index contributed by atoms with van der Waals surface area (Å²) in [4.78, 5) is 25.7. The van der Waals surface area contributed by atoms with Crippen LogP contribution in [0.2, 0.25) is 0 Å². The fourth-order valence-electron chi connectivity index (χ4n) is 1.99. The molecule has 0 fully saturated rings.